The molecule has 2 atom stereocenters. The van der Waals surface area contributed by atoms with Gasteiger partial charge in [0, 0.05) is 0 Å². The number of unbranched alkanes of at least 4 members (excludes halogenated alkanes) is 2. The molecular weight excluding hydrogens is 839 g/mol. The summed E-state index contributed by atoms with van der Waals surface area (Å²) in [6.07, 6.45) is 13.7. The number of allylic oxidation sites excluding steroid dienone is 2. The number of aryl methyl sites for hydroxylation is 2. The Morgan fingerprint density at radius 2 is 1.00 bits per heavy atom. The van der Waals surface area contributed by atoms with Gasteiger partial charge >= 0.3 is 360 Å². The molecule has 4 heteroatoms. The van der Waals surface area contributed by atoms with E-state index < -0.39 is 25.9 Å². The zero-order valence-electron chi connectivity index (χ0n) is 34.6. The van der Waals surface area contributed by atoms with E-state index in [9.17, 15) is 17.0 Å². The second-order valence-electron chi connectivity index (χ2n) is 17.0. The molecule has 3 aliphatic rings. The molecule has 6 aromatic rings. The van der Waals surface area contributed by atoms with Crippen LogP contribution in [0.15, 0.2) is 139 Å². The maximum absolute atomic E-state index is 9.32. The van der Waals surface area contributed by atoms with Gasteiger partial charge in [0.25, 0.3) is 0 Å². The fourth-order valence-electron chi connectivity index (χ4n) is 11.1. The van der Waals surface area contributed by atoms with E-state index in [2.05, 4.69) is 167 Å². The third-order valence-electron chi connectivity index (χ3n) is 13.7. The molecule has 0 saturated heterocycles. The minimum atomic E-state index is -5.58. The molecule has 1 heterocycles. The Hall–Kier alpha value is -3.52. The molecule has 0 spiro atoms. The van der Waals surface area contributed by atoms with Crippen molar-refractivity contribution < 1.29 is 16.4 Å². The first-order valence-corrected chi connectivity index (χ1v) is 33.7. The van der Waals surface area contributed by atoms with Gasteiger partial charge in [-0.25, -0.2) is 0 Å². The summed E-state index contributed by atoms with van der Waals surface area (Å²) in [5.74, 6) is 0. The molecule has 2 aliphatic carbocycles. The van der Waals surface area contributed by atoms with Crippen LogP contribution in [0, 0.1) is 0 Å². The number of rotatable bonds is 13. The average molecular weight is 894 g/mol. The minimum absolute atomic E-state index is 0.0671. The summed E-state index contributed by atoms with van der Waals surface area (Å²) in [6, 6.07) is 48.1. The Balaban J connectivity index is 1.36. The van der Waals surface area contributed by atoms with Gasteiger partial charge in [-0.05, 0) is 0 Å². The zero-order chi connectivity index (χ0) is 40.0. The molecule has 9 rings (SSSR count). The maximum atomic E-state index is 9.32. The molecule has 293 valence electrons. The van der Waals surface area contributed by atoms with E-state index in [1.807, 2.05) is 0 Å². The molecule has 0 saturated carbocycles. The van der Waals surface area contributed by atoms with Crippen molar-refractivity contribution in [3.63, 3.8) is 0 Å². The Morgan fingerprint density at radius 3 is 1.50 bits per heavy atom. The first-order valence-electron chi connectivity index (χ1n) is 21.9. The molecule has 0 aromatic heterocycles. The van der Waals surface area contributed by atoms with Crippen LogP contribution in [0.5, 0.6) is 0 Å². The topological polar surface area (TPSA) is 0 Å². The quantitative estimate of drug-likeness (QED) is 0.101. The predicted molar refractivity (Wildman–Crippen MR) is 254 cm³/mol. The fraction of sp³-hybridized carbons (Fsp3) is 0.259. The van der Waals surface area contributed by atoms with Gasteiger partial charge in [0.05, 0.1) is 0 Å². The third kappa shape index (κ3) is 6.39. The predicted octanol–water partition coefficient (Wildman–Crippen LogP) is 13.5. The van der Waals surface area contributed by atoms with E-state index in [4.69, 9.17) is 0 Å². The Kier molecular flexibility index (Phi) is 11.1. The molecule has 1 aliphatic heterocycles. The average Bonchev–Trinajstić information content (AvgIpc) is 3.97. The Bertz CT molecular complexity index is 2460. The molecule has 0 amide bonds. The van der Waals surface area contributed by atoms with Crippen molar-refractivity contribution in [2.24, 2.45) is 0 Å². The molecule has 58 heavy (non-hydrogen) atoms. The monoisotopic (exact) mass is 891 g/mol. The molecule has 0 bridgehead atoms. The number of halogens is 2. The summed E-state index contributed by atoms with van der Waals surface area (Å²) in [5, 5.41) is 2.99. The van der Waals surface area contributed by atoms with E-state index in [-0.39, 0.29) is 7.25 Å². The number of fused-ring (bicyclic) bond motifs is 5. The van der Waals surface area contributed by atoms with E-state index in [0.717, 1.165) is 51.4 Å². The number of hydrogen-bond acceptors (Lipinski definition) is 0. The van der Waals surface area contributed by atoms with Crippen LogP contribution in [0.1, 0.15) is 107 Å². The molecule has 0 radical (unpaired) electrons. The van der Waals surface area contributed by atoms with Crippen LogP contribution in [0.25, 0.3) is 45.5 Å². The van der Waals surface area contributed by atoms with Crippen molar-refractivity contribution in [1.82, 2.24) is 0 Å². The van der Waals surface area contributed by atoms with Gasteiger partial charge in [-0.15, -0.1) is 0 Å². The molecule has 0 nitrogen and oxygen atoms in total. The zero-order valence-corrected chi connectivity index (χ0v) is 39.9. The van der Waals surface area contributed by atoms with Crippen molar-refractivity contribution in [3.05, 3.63) is 172 Å². The van der Waals surface area contributed by atoms with Gasteiger partial charge in [-0.1, -0.05) is 0 Å². The van der Waals surface area contributed by atoms with Gasteiger partial charge in [0.2, 0.25) is 0 Å². The summed E-state index contributed by atoms with van der Waals surface area (Å²) >= 11 is -5.58. The van der Waals surface area contributed by atoms with Crippen molar-refractivity contribution in [3.8, 4) is 33.4 Å². The molecule has 0 N–H and O–H groups in total. The van der Waals surface area contributed by atoms with Gasteiger partial charge in [-0.2, -0.15) is 0 Å². The van der Waals surface area contributed by atoms with E-state index in [1.165, 1.54) is 91.6 Å². The van der Waals surface area contributed by atoms with E-state index in [0.29, 0.717) is 0 Å². The second-order valence-corrected chi connectivity index (χ2v) is 39.4. The molecule has 0 fully saturated rings. The van der Waals surface area contributed by atoms with Gasteiger partial charge in [-0.3, -0.25) is 0 Å². The Morgan fingerprint density at radius 1 is 0.517 bits per heavy atom. The van der Waals surface area contributed by atoms with Crippen LogP contribution in [0.4, 0.5) is 0 Å². The molecule has 6 aromatic carbocycles. The number of hydrogen-bond donors (Lipinski definition) is 0. The van der Waals surface area contributed by atoms with Gasteiger partial charge in [0.1, 0.15) is 0 Å². The van der Waals surface area contributed by atoms with Crippen molar-refractivity contribution >= 4 is 52.3 Å². The normalized spacial score (nSPS) is 17.6. The summed E-state index contributed by atoms with van der Waals surface area (Å²) < 4.78 is 1.18. The first-order chi connectivity index (χ1) is 28.3. The third-order valence-corrected chi connectivity index (χ3v) is 36.5. The number of benzene rings is 6. The van der Waals surface area contributed by atoms with Crippen LogP contribution >= 0.6 is 17.0 Å². The van der Waals surface area contributed by atoms with Crippen molar-refractivity contribution in [2.75, 3.05) is 0 Å². The van der Waals surface area contributed by atoms with Gasteiger partial charge < -0.3 is 0 Å². The van der Waals surface area contributed by atoms with Crippen LogP contribution in [-0.4, -0.2) is 9.52 Å². The standard InChI is InChI=1S/2C21H23.C12H9Si.2ClH.Zr/c2*1-3-5-9-18-12-13-19-14-16(4-2)15-20(19)21(18)17-10-7-6-8-11-17;1-3-7-11-9(5-1)10-6-2-4-8-12(10)13-11;;;/h2*6-8,10-15H,3-5,9H2,1-2H3;1-7H,13H2;2*1H;/q;;;;;+2/p-2. The van der Waals surface area contributed by atoms with Crippen molar-refractivity contribution in [2.45, 2.75) is 86.3 Å². The second kappa shape index (κ2) is 16.2. The summed E-state index contributed by atoms with van der Waals surface area (Å²) in [7, 11) is 17.8. The molecular formula is C54H55Cl2SiZr. The van der Waals surface area contributed by atoms with Crippen LogP contribution in [0.2, 0.25) is 0 Å². The first kappa shape index (κ1) is 39.9. The molecule has 2 unspecified atom stereocenters. The fourth-order valence-corrected chi connectivity index (χ4v) is 39.4. The van der Waals surface area contributed by atoms with E-state index in [1.54, 1.807) is 0 Å². The SMILES string of the molecule is CCCCc1ccc2c(c1-c1ccccc1)C=C(CC)[CH]2[Zr]([Cl])([Cl])([c]1cccc2c1[SiH2]c1ccccc1-2)[CH]1C(CC)=Cc2c1ccc(CCCC)c2-c1ccccc1. The van der Waals surface area contributed by atoms with Gasteiger partial charge in [0.15, 0.2) is 0 Å². The summed E-state index contributed by atoms with van der Waals surface area (Å²) in [4.78, 5) is 0. The van der Waals surface area contributed by atoms with Crippen LogP contribution in [0.3, 0.4) is 0 Å². The van der Waals surface area contributed by atoms with Crippen LogP contribution < -0.4 is 13.6 Å². The van der Waals surface area contributed by atoms with Crippen LogP contribution in [-0.2, 0) is 29.2 Å². The summed E-state index contributed by atoms with van der Waals surface area (Å²) in [6.45, 7) is 9.26. The van der Waals surface area contributed by atoms with Crippen molar-refractivity contribution in [1.29, 1.82) is 0 Å². The Labute approximate surface area is 357 Å². The van der Waals surface area contributed by atoms with E-state index >= 15 is 0 Å². The summed E-state index contributed by atoms with van der Waals surface area (Å²) in [5.41, 5.74) is 19.1.